The van der Waals surface area contributed by atoms with E-state index < -0.39 is 22.3 Å². The summed E-state index contributed by atoms with van der Waals surface area (Å²) in [6, 6.07) is 5.47. The lowest BCUT2D eigenvalue weighted by Crippen LogP contribution is -2.00. The van der Waals surface area contributed by atoms with E-state index in [4.69, 9.17) is 11.6 Å². The van der Waals surface area contributed by atoms with Gasteiger partial charge in [0.1, 0.15) is 0 Å². The van der Waals surface area contributed by atoms with Crippen molar-refractivity contribution < 1.29 is 13.2 Å². The van der Waals surface area contributed by atoms with Crippen LogP contribution in [0, 0.1) is 17.5 Å². The van der Waals surface area contributed by atoms with Gasteiger partial charge in [-0.05, 0) is 18.2 Å². The third kappa shape index (κ3) is 2.51. The van der Waals surface area contributed by atoms with E-state index in [0.717, 1.165) is 10.9 Å². The van der Waals surface area contributed by atoms with Gasteiger partial charge in [-0.2, -0.15) is 0 Å². The molecule has 0 saturated heterocycles. The highest BCUT2D eigenvalue weighted by atomic mass is 79.9. The molecule has 0 saturated carbocycles. The quantitative estimate of drug-likeness (QED) is 0.513. The van der Waals surface area contributed by atoms with Crippen molar-refractivity contribution >= 4 is 38.9 Å². The predicted octanol–water partition coefficient (Wildman–Crippen LogP) is 5.30. The van der Waals surface area contributed by atoms with E-state index >= 15 is 0 Å². The fourth-order valence-corrected chi connectivity index (χ4v) is 3.20. The molecule has 1 atom stereocenters. The van der Waals surface area contributed by atoms with E-state index in [-0.39, 0.29) is 5.56 Å². The average molecular weight is 342 g/mol. The minimum atomic E-state index is -1.46. The topological polar surface area (TPSA) is 0 Å². The second kappa shape index (κ2) is 5.00. The molecule has 0 aliphatic carbocycles. The Morgan fingerprint density at radius 3 is 2.35 bits per heavy atom. The molecule has 0 bridgehead atoms. The Kier molecular flexibility index (Phi) is 3.80. The van der Waals surface area contributed by atoms with Gasteiger partial charge in [-0.25, -0.2) is 13.2 Å². The Balaban J connectivity index is 2.44. The van der Waals surface area contributed by atoms with Gasteiger partial charge >= 0.3 is 0 Å². The molecule has 1 aromatic carbocycles. The summed E-state index contributed by atoms with van der Waals surface area (Å²) >= 11 is 10.2. The van der Waals surface area contributed by atoms with Gasteiger partial charge in [0.15, 0.2) is 17.5 Å². The zero-order valence-corrected chi connectivity index (χ0v) is 11.3. The van der Waals surface area contributed by atoms with Gasteiger partial charge < -0.3 is 0 Å². The summed E-state index contributed by atoms with van der Waals surface area (Å²) in [5.74, 6) is -3.85. The van der Waals surface area contributed by atoms with E-state index in [1.165, 1.54) is 17.4 Å². The fourth-order valence-electron chi connectivity index (χ4n) is 1.35. The number of alkyl halides is 1. The van der Waals surface area contributed by atoms with Crippen molar-refractivity contribution in [3.8, 4) is 0 Å². The molecule has 0 amide bonds. The van der Waals surface area contributed by atoms with Crippen LogP contribution >= 0.6 is 38.9 Å². The second-order valence-corrected chi connectivity index (χ2v) is 5.93. The first-order valence-electron chi connectivity index (χ1n) is 4.53. The molecule has 0 radical (unpaired) electrons. The molecule has 0 aliphatic heterocycles. The maximum Gasteiger partial charge on any atom is 0.194 e. The van der Waals surface area contributed by atoms with Gasteiger partial charge in [0.05, 0.1) is 9.16 Å². The highest BCUT2D eigenvalue weighted by Gasteiger charge is 2.21. The summed E-state index contributed by atoms with van der Waals surface area (Å²) in [5.41, 5.74) is 0.0439. The lowest BCUT2D eigenvalue weighted by molar-refractivity contribution is 0.442. The molecule has 0 nitrogen and oxygen atoms in total. The van der Waals surface area contributed by atoms with Crippen molar-refractivity contribution in [3.05, 3.63) is 56.5 Å². The monoisotopic (exact) mass is 340 g/mol. The van der Waals surface area contributed by atoms with Gasteiger partial charge in [-0.3, -0.25) is 0 Å². The number of halogens is 5. The standard InChI is InChI=1S/C11H5BrClF3S/c12-9(7-3-4-8(13)17-7)5-1-2-6(14)11(16)10(5)15/h1-4,9H. The first kappa shape index (κ1) is 12.9. The van der Waals surface area contributed by atoms with Gasteiger partial charge in [0.25, 0.3) is 0 Å². The Hall–Kier alpha value is -0.520. The van der Waals surface area contributed by atoms with Crippen LogP contribution in [0.25, 0.3) is 0 Å². The third-order valence-electron chi connectivity index (χ3n) is 2.18. The Labute approximate surface area is 113 Å². The Bertz CT molecular complexity index is 556. The van der Waals surface area contributed by atoms with E-state index in [0.29, 0.717) is 4.34 Å². The molecule has 0 N–H and O–H groups in total. The maximum atomic E-state index is 13.5. The highest BCUT2D eigenvalue weighted by Crippen LogP contribution is 2.38. The van der Waals surface area contributed by atoms with Gasteiger partial charge in [-0.1, -0.05) is 33.6 Å². The fraction of sp³-hybridized carbons (Fsp3) is 0.0909. The molecule has 17 heavy (non-hydrogen) atoms. The summed E-state index contributed by atoms with van der Waals surface area (Å²) in [6.07, 6.45) is 0. The van der Waals surface area contributed by atoms with Crippen molar-refractivity contribution in [3.63, 3.8) is 0 Å². The van der Waals surface area contributed by atoms with E-state index in [2.05, 4.69) is 15.9 Å². The van der Waals surface area contributed by atoms with Crippen molar-refractivity contribution in [2.75, 3.05) is 0 Å². The SMILES string of the molecule is Fc1ccc(C(Br)c2ccc(Cl)s2)c(F)c1F. The molecule has 0 fully saturated rings. The minimum Gasteiger partial charge on any atom is -0.204 e. The largest absolute Gasteiger partial charge is 0.204 e. The molecule has 2 aromatic rings. The van der Waals surface area contributed by atoms with Crippen molar-refractivity contribution in [1.29, 1.82) is 0 Å². The molecule has 0 aliphatic rings. The lowest BCUT2D eigenvalue weighted by atomic mass is 10.1. The van der Waals surface area contributed by atoms with E-state index in [1.54, 1.807) is 12.1 Å². The van der Waals surface area contributed by atoms with Crippen molar-refractivity contribution in [2.24, 2.45) is 0 Å². The predicted molar refractivity (Wildman–Crippen MR) is 66.4 cm³/mol. The zero-order chi connectivity index (χ0) is 12.6. The molecule has 1 aromatic heterocycles. The minimum absolute atomic E-state index is 0.0439. The van der Waals surface area contributed by atoms with Crippen LogP contribution in [0.15, 0.2) is 24.3 Å². The van der Waals surface area contributed by atoms with Crippen molar-refractivity contribution in [2.45, 2.75) is 4.83 Å². The number of thiophene rings is 1. The van der Waals surface area contributed by atoms with Crippen LogP contribution in [-0.2, 0) is 0 Å². The first-order valence-corrected chi connectivity index (χ1v) is 6.64. The molecule has 90 valence electrons. The summed E-state index contributed by atoms with van der Waals surface area (Å²) in [7, 11) is 0. The number of hydrogen-bond donors (Lipinski definition) is 0. The van der Waals surface area contributed by atoms with Gasteiger partial charge in [0, 0.05) is 10.4 Å². The van der Waals surface area contributed by atoms with E-state index in [9.17, 15) is 13.2 Å². The van der Waals surface area contributed by atoms with Gasteiger partial charge in [0.2, 0.25) is 0 Å². The van der Waals surface area contributed by atoms with Crippen LogP contribution in [0.3, 0.4) is 0 Å². The summed E-state index contributed by atoms with van der Waals surface area (Å²) in [4.78, 5) is 0.176. The number of rotatable bonds is 2. The smallest absolute Gasteiger partial charge is 0.194 e. The van der Waals surface area contributed by atoms with Crippen LogP contribution < -0.4 is 0 Å². The van der Waals surface area contributed by atoms with Crippen LogP contribution in [0.4, 0.5) is 13.2 Å². The number of benzene rings is 1. The van der Waals surface area contributed by atoms with Crippen LogP contribution in [0.5, 0.6) is 0 Å². The summed E-state index contributed by atoms with van der Waals surface area (Å²) in [5, 5.41) is 0. The highest BCUT2D eigenvalue weighted by molar-refractivity contribution is 9.09. The summed E-state index contributed by atoms with van der Waals surface area (Å²) in [6.45, 7) is 0. The Morgan fingerprint density at radius 1 is 1.06 bits per heavy atom. The molecule has 0 spiro atoms. The van der Waals surface area contributed by atoms with Crippen LogP contribution in [0.2, 0.25) is 4.34 Å². The van der Waals surface area contributed by atoms with Gasteiger partial charge in [-0.15, -0.1) is 11.3 Å². The zero-order valence-electron chi connectivity index (χ0n) is 8.18. The molecule has 2 rings (SSSR count). The van der Waals surface area contributed by atoms with Crippen LogP contribution in [0.1, 0.15) is 15.3 Å². The first-order chi connectivity index (χ1) is 8.00. The average Bonchev–Trinajstić information content (AvgIpc) is 2.72. The maximum absolute atomic E-state index is 13.5. The van der Waals surface area contributed by atoms with Crippen LogP contribution in [-0.4, -0.2) is 0 Å². The molecule has 1 heterocycles. The Morgan fingerprint density at radius 2 is 1.76 bits per heavy atom. The normalized spacial score (nSPS) is 12.8. The molecular formula is C11H5BrClF3S. The molecule has 6 heteroatoms. The molecule has 1 unspecified atom stereocenters. The van der Waals surface area contributed by atoms with E-state index in [1.807, 2.05) is 0 Å². The molecular weight excluding hydrogens is 337 g/mol. The summed E-state index contributed by atoms with van der Waals surface area (Å²) < 4.78 is 39.9. The second-order valence-electron chi connectivity index (χ2n) is 3.27. The third-order valence-corrected chi connectivity index (χ3v) is 4.77. The van der Waals surface area contributed by atoms with Crippen molar-refractivity contribution in [1.82, 2.24) is 0 Å². The lowest BCUT2D eigenvalue weighted by Gasteiger charge is -2.09. The number of hydrogen-bond acceptors (Lipinski definition) is 1.